The van der Waals surface area contributed by atoms with E-state index in [4.69, 9.17) is 9.53 Å². The molecule has 4 nitrogen and oxygen atoms in total. The highest BCUT2D eigenvalue weighted by Crippen LogP contribution is 2.65. The van der Waals surface area contributed by atoms with Gasteiger partial charge in [-0.15, -0.1) is 0 Å². The number of ketones is 1. The highest BCUT2D eigenvalue weighted by atomic mass is 16.5. The van der Waals surface area contributed by atoms with E-state index in [0.717, 1.165) is 55.6 Å². The van der Waals surface area contributed by atoms with Crippen molar-refractivity contribution in [3.05, 3.63) is 11.1 Å². The van der Waals surface area contributed by atoms with Crippen molar-refractivity contribution < 1.29 is 14.3 Å². The van der Waals surface area contributed by atoms with Crippen LogP contribution in [0.2, 0.25) is 0 Å². The van der Waals surface area contributed by atoms with E-state index in [1.165, 1.54) is 52.0 Å². The van der Waals surface area contributed by atoms with Gasteiger partial charge in [-0.3, -0.25) is 4.79 Å². The van der Waals surface area contributed by atoms with Gasteiger partial charge in [-0.1, -0.05) is 31.9 Å². The number of likely N-dealkylation sites (tertiary alicyclic amines) is 1. The zero-order valence-corrected chi connectivity index (χ0v) is 23.1. The number of piperidine rings is 1. The zero-order chi connectivity index (χ0) is 25.1. The van der Waals surface area contributed by atoms with Crippen molar-refractivity contribution in [2.45, 2.75) is 117 Å². The Morgan fingerprint density at radius 2 is 1.86 bits per heavy atom. The van der Waals surface area contributed by atoms with E-state index in [-0.39, 0.29) is 5.60 Å². The molecule has 4 heteroatoms. The molecule has 0 aromatic heterocycles. The van der Waals surface area contributed by atoms with Crippen molar-refractivity contribution in [1.82, 2.24) is 4.90 Å². The number of fused-ring (bicyclic) bond motifs is 6. The fourth-order valence-corrected chi connectivity index (χ4v) is 10.2. The molecule has 2 saturated heterocycles. The number of rotatable bonds is 0. The van der Waals surface area contributed by atoms with Gasteiger partial charge in [0.25, 0.3) is 0 Å². The average Bonchev–Trinajstić information content (AvgIpc) is 3.25. The maximum absolute atomic E-state index is 12.2. The Morgan fingerprint density at radius 1 is 1.11 bits per heavy atom. The van der Waals surface area contributed by atoms with E-state index in [1.807, 2.05) is 5.57 Å². The number of hydrogen-bond donors (Lipinski definition) is 0. The first kappa shape index (κ1) is 25.6. The molecule has 10 atom stereocenters. The van der Waals surface area contributed by atoms with E-state index in [2.05, 4.69) is 39.6 Å². The first-order valence-corrected chi connectivity index (χ1v) is 14.6. The molecule has 3 saturated carbocycles. The van der Waals surface area contributed by atoms with E-state index >= 15 is 0 Å². The molecule has 1 spiro atoms. The van der Waals surface area contributed by atoms with Crippen LogP contribution < -0.4 is 0 Å². The maximum Gasteiger partial charge on any atom is 0.133 e. The van der Waals surface area contributed by atoms with Crippen LogP contribution >= 0.6 is 0 Å². The van der Waals surface area contributed by atoms with Gasteiger partial charge in [-0.25, -0.2) is 0 Å². The zero-order valence-electron chi connectivity index (χ0n) is 23.1. The van der Waals surface area contributed by atoms with E-state index < -0.39 is 0 Å². The summed E-state index contributed by atoms with van der Waals surface area (Å²) in [7, 11) is 2.33. The van der Waals surface area contributed by atoms with Crippen molar-refractivity contribution in [2.75, 3.05) is 13.6 Å². The number of hydrogen-bond acceptors (Lipinski definition) is 4. The smallest absolute Gasteiger partial charge is 0.133 e. The quantitative estimate of drug-likeness (QED) is 0.303. The maximum atomic E-state index is 12.2. The third-order valence-electron chi connectivity index (χ3n) is 11.8. The van der Waals surface area contributed by atoms with E-state index in [1.54, 1.807) is 5.57 Å². The SMILES string of the molecule is CC1=C2CC3C(CCC4CC(=O)CCC43C)C2CCC2(C1)OC1C[C@H](C)CN(C)C1C2C.CC=O. The third-order valence-corrected chi connectivity index (χ3v) is 11.8. The van der Waals surface area contributed by atoms with Gasteiger partial charge in [0, 0.05) is 31.3 Å². The average molecular weight is 484 g/mol. The summed E-state index contributed by atoms with van der Waals surface area (Å²) in [5.74, 6) is 4.99. The van der Waals surface area contributed by atoms with Gasteiger partial charge >= 0.3 is 0 Å². The Bertz CT molecular complexity index is 880. The predicted octanol–water partition coefficient (Wildman–Crippen LogP) is 6.23. The van der Waals surface area contributed by atoms with Gasteiger partial charge in [-0.2, -0.15) is 0 Å². The molecule has 2 aliphatic heterocycles. The van der Waals surface area contributed by atoms with Gasteiger partial charge < -0.3 is 14.4 Å². The molecule has 4 aliphatic carbocycles. The molecule has 5 fully saturated rings. The molecule has 2 heterocycles. The van der Waals surface area contributed by atoms with Crippen LogP contribution in [0, 0.1) is 40.9 Å². The molecule has 0 radical (unpaired) electrons. The molecule has 35 heavy (non-hydrogen) atoms. The fourth-order valence-electron chi connectivity index (χ4n) is 10.2. The molecule has 0 bridgehead atoms. The molecular formula is C31H49NO3. The minimum atomic E-state index is 0.0585. The second-order valence-corrected chi connectivity index (χ2v) is 13.6. The highest BCUT2D eigenvalue weighted by molar-refractivity contribution is 5.79. The minimum Gasteiger partial charge on any atom is -0.369 e. The van der Waals surface area contributed by atoms with Crippen LogP contribution in [0.4, 0.5) is 0 Å². The van der Waals surface area contributed by atoms with Crippen LogP contribution in [-0.4, -0.2) is 48.3 Å². The molecule has 196 valence electrons. The molecule has 0 amide bonds. The summed E-state index contributed by atoms with van der Waals surface area (Å²) in [5.41, 5.74) is 3.96. The van der Waals surface area contributed by atoms with E-state index in [0.29, 0.717) is 35.2 Å². The predicted molar refractivity (Wildman–Crippen MR) is 140 cm³/mol. The number of allylic oxidation sites excluding steroid dienone is 1. The normalized spacial score (nSPS) is 49.4. The first-order valence-electron chi connectivity index (χ1n) is 14.6. The van der Waals surface area contributed by atoms with Gasteiger partial charge in [0.1, 0.15) is 12.1 Å². The van der Waals surface area contributed by atoms with Gasteiger partial charge in [0.2, 0.25) is 0 Å². The molecule has 0 N–H and O–H groups in total. The molecule has 6 rings (SSSR count). The van der Waals surface area contributed by atoms with Crippen molar-refractivity contribution in [2.24, 2.45) is 40.9 Å². The Balaban J connectivity index is 0.000000806. The number of likely N-dealkylation sites (N-methyl/N-ethyl adjacent to an activating group) is 1. The summed E-state index contributed by atoms with van der Waals surface area (Å²) in [6.07, 6.45) is 13.0. The largest absolute Gasteiger partial charge is 0.369 e. The first-order chi connectivity index (χ1) is 16.6. The molecule has 9 unspecified atom stereocenters. The summed E-state index contributed by atoms with van der Waals surface area (Å²) in [4.78, 5) is 23.6. The van der Waals surface area contributed by atoms with Crippen molar-refractivity contribution >= 4 is 12.1 Å². The Kier molecular flexibility index (Phi) is 6.88. The second kappa shape index (κ2) is 9.39. The Morgan fingerprint density at radius 3 is 2.60 bits per heavy atom. The third kappa shape index (κ3) is 4.10. The van der Waals surface area contributed by atoms with Gasteiger partial charge in [0.05, 0.1) is 11.7 Å². The number of Topliss-reactive ketones (excluding diaryl/α,β-unsaturated/α-hetero) is 1. The fraction of sp³-hybridized carbons (Fsp3) is 0.871. The summed E-state index contributed by atoms with van der Waals surface area (Å²) in [5, 5.41) is 0. The number of carbonyl (C=O) groups is 2. The molecule has 6 aliphatic rings. The lowest BCUT2D eigenvalue weighted by atomic mass is 9.52. The van der Waals surface area contributed by atoms with Crippen LogP contribution in [-0.2, 0) is 14.3 Å². The van der Waals surface area contributed by atoms with E-state index in [9.17, 15) is 4.79 Å². The van der Waals surface area contributed by atoms with Crippen molar-refractivity contribution in [3.63, 3.8) is 0 Å². The lowest BCUT2D eigenvalue weighted by molar-refractivity contribution is -0.129. The van der Waals surface area contributed by atoms with Crippen LogP contribution in [0.1, 0.15) is 98.8 Å². The molecule has 0 aromatic rings. The summed E-state index contributed by atoms with van der Waals surface area (Å²) in [6.45, 7) is 12.6. The summed E-state index contributed by atoms with van der Waals surface area (Å²) < 4.78 is 7.10. The Labute approximate surface area is 213 Å². The van der Waals surface area contributed by atoms with Crippen molar-refractivity contribution in [1.29, 1.82) is 0 Å². The molecule has 0 aromatic carbocycles. The Hall–Kier alpha value is -1.00. The van der Waals surface area contributed by atoms with Crippen LogP contribution in [0.25, 0.3) is 0 Å². The lowest BCUT2D eigenvalue weighted by Gasteiger charge is -2.52. The monoisotopic (exact) mass is 483 g/mol. The standard InChI is InChI=1S/C29H45NO2.C2H4O/c1-17-12-26-27(30(5)16-17)19(3)29(32-26)11-9-22-23-7-6-20-13-21(31)8-10-28(20,4)25(23)14-24(22)18(2)15-29;1-2-3/h17,19-20,22-23,25-27H,6-16H2,1-5H3;2H,1H3/t17-,19?,20?,22?,23?,25?,26?,27?,28?,29?;/m0./s1. The summed E-state index contributed by atoms with van der Waals surface area (Å²) in [6, 6.07) is 0.601. The van der Waals surface area contributed by atoms with Crippen LogP contribution in [0.3, 0.4) is 0 Å². The number of carbonyl (C=O) groups excluding carboxylic acids is 2. The van der Waals surface area contributed by atoms with Gasteiger partial charge in [0.15, 0.2) is 0 Å². The van der Waals surface area contributed by atoms with Gasteiger partial charge in [-0.05, 0) is 107 Å². The molecular weight excluding hydrogens is 434 g/mol. The highest BCUT2D eigenvalue weighted by Gasteiger charge is 2.59. The lowest BCUT2D eigenvalue weighted by Crippen LogP contribution is -2.49. The number of aldehydes is 1. The number of nitrogens with zero attached hydrogens (tertiary/aromatic N) is 1. The summed E-state index contributed by atoms with van der Waals surface area (Å²) >= 11 is 0. The number of ether oxygens (including phenoxy) is 1. The van der Waals surface area contributed by atoms with Crippen LogP contribution in [0.15, 0.2) is 11.1 Å². The topological polar surface area (TPSA) is 46.6 Å². The van der Waals surface area contributed by atoms with Crippen molar-refractivity contribution in [3.8, 4) is 0 Å². The van der Waals surface area contributed by atoms with Crippen LogP contribution in [0.5, 0.6) is 0 Å². The second-order valence-electron chi connectivity index (χ2n) is 13.6. The minimum absolute atomic E-state index is 0.0585.